The first-order valence-corrected chi connectivity index (χ1v) is 10.3. The summed E-state index contributed by atoms with van der Waals surface area (Å²) in [6.45, 7) is 0.897. The molecule has 32 heavy (non-hydrogen) atoms. The number of anilines is 2. The Balaban J connectivity index is 1.58. The van der Waals surface area contributed by atoms with E-state index in [1.165, 1.54) is 12.1 Å². The number of hydrogen-bond donors (Lipinski definition) is 0. The second kappa shape index (κ2) is 7.53. The van der Waals surface area contributed by atoms with Crippen LogP contribution in [-0.4, -0.2) is 26.6 Å². The minimum atomic E-state index is -2.86. The standard InChI is InChI=1S/C24H18ClF2N5/c1-24(26,27)17-8-6-15(7-9-17)16-4-3-5-19(12-16)31(2)22-20-11-10-18(25)13-21(20)32-14-28-30-23(32)29-22/h3-14H,1-2H3. The van der Waals surface area contributed by atoms with Gasteiger partial charge in [-0.3, -0.25) is 4.40 Å². The molecule has 0 aliphatic rings. The molecule has 0 saturated carbocycles. The third-order valence-corrected chi connectivity index (χ3v) is 5.71. The Kier molecular flexibility index (Phi) is 4.78. The van der Waals surface area contributed by atoms with Crippen LogP contribution in [0.3, 0.4) is 0 Å². The molecule has 2 heterocycles. The van der Waals surface area contributed by atoms with E-state index in [-0.39, 0.29) is 5.56 Å². The monoisotopic (exact) mass is 449 g/mol. The summed E-state index contributed by atoms with van der Waals surface area (Å²) in [4.78, 5) is 6.66. The molecule has 0 spiro atoms. The molecule has 3 aromatic carbocycles. The molecule has 2 aromatic heterocycles. The molecule has 0 amide bonds. The van der Waals surface area contributed by atoms with E-state index in [2.05, 4.69) is 10.2 Å². The summed E-state index contributed by atoms with van der Waals surface area (Å²) in [7, 11) is 1.92. The van der Waals surface area contributed by atoms with E-state index in [1.807, 2.05) is 54.4 Å². The Labute approximate surface area is 187 Å². The Morgan fingerprint density at radius 2 is 1.75 bits per heavy atom. The van der Waals surface area contributed by atoms with Crippen molar-refractivity contribution in [2.24, 2.45) is 0 Å². The molecule has 5 nitrogen and oxygen atoms in total. The fraction of sp³-hybridized carbons (Fsp3) is 0.125. The predicted octanol–water partition coefficient (Wildman–Crippen LogP) is 6.48. The van der Waals surface area contributed by atoms with Crippen LogP contribution in [0.5, 0.6) is 0 Å². The summed E-state index contributed by atoms with van der Waals surface area (Å²) in [5.74, 6) is -1.69. The number of nitrogens with zero attached hydrogens (tertiary/aromatic N) is 5. The molecular formula is C24H18ClF2N5. The van der Waals surface area contributed by atoms with Gasteiger partial charge in [0.15, 0.2) is 0 Å². The Morgan fingerprint density at radius 3 is 2.50 bits per heavy atom. The zero-order valence-corrected chi connectivity index (χ0v) is 18.1. The van der Waals surface area contributed by atoms with Crippen molar-refractivity contribution in [3.8, 4) is 11.1 Å². The quantitative estimate of drug-likeness (QED) is 0.315. The van der Waals surface area contributed by atoms with Gasteiger partial charge < -0.3 is 4.90 Å². The van der Waals surface area contributed by atoms with Gasteiger partial charge in [-0.1, -0.05) is 48.0 Å². The topological polar surface area (TPSA) is 46.3 Å². The van der Waals surface area contributed by atoms with Gasteiger partial charge in [-0.25, -0.2) is 8.78 Å². The normalized spacial score (nSPS) is 11.9. The van der Waals surface area contributed by atoms with E-state index in [0.717, 1.165) is 34.6 Å². The van der Waals surface area contributed by atoms with Crippen LogP contribution in [0.2, 0.25) is 5.02 Å². The van der Waals surface area contributed by atoms with Gasteiger partial charge in [-0.2, -0.15) is 4.98 Å². The molecule has 8 heteroatoms. The van der Waals surface area contributed by atoms with E-state index in [0.29, 0.717) is 16.6 Å². The lowest BCUT2D eigenvalue weighted by molar-refractivity contribution is 0.0175. The molecule has 0 atom stereocenters. The van der Waals surface area contributed by atoms with Gasteiger partial charge in [0.25, 0.3) is 11.7 Å². The lowest BCUT2D eigenvalue weighted by Crippen LogP contribution is -2.13. The highest BCUT2D eigenvalue weighted by Crippen LogP contribution is 2.34. The maximum Gasteiger partial charge on any atom is 0.270 e. The minimum Gasteiger partial charge on any atom is -0.329 e. The van der Waals surface area contributed by atoms with Crippen molar-refractivity contribution in [1.82, 2.24) is 19.6 Å². The first-order valence-electron chi connectivity index (χ1n) is 9.93. The van der Waals surface area contributed by atoms with Gasteiger partial charge in [0.2, 0.25) is 0 Å². The molecule has 0 bridgehead atoms. The summed E-state index contributed by atoms with van der Waals surface area (Å²) in [5, 5.41) is 9.57. The molecular weight excluding hydrogens is 432 g/mol. The van der Waals surface area contributed by atoms with Gasteiger partial charge in [0.05, 0.1) is 5.52 Å². The smallest absolute Gasteiger partial charge is 0.270 e. The number of rotatable bonds is 4. The number of fused-ring (bicyclic) bond motifs is 3. The zero-order chi connectivity index (χ0) is 22.5. The maximum atomic E-state index is 13.6. The van der Waals surface area contributed by atoms with Crippen LogP contribution in [0, 0.1) is 0 Å². The van der Waals surface area contributed by atoms with E-state index in [4.69, 9.17) is 16.6 Å². The molecule has 0 N–H and O–H groups in total. The number of hydrogen-bond acceptors (Lipinski definition) is 4. The van der Waals surface area contributed by atoms with Crippen molar-refractivity contribution in [1.29, 1.82) is 0 Å². The Hall–Kier alpha value is -3.58. The summed E-state index contributed by atoms with van der Waals surface area (Å²) < 4.78 is 28.9. The van der Waals surface area contributed by atoms with Gasteiger partial charge in [-0.05, 0) is 41.5 Å². The molecule has 160 valence electrons. The third kappa shape index (κ3) is 3.54. The lowest BCUT2D eigenvalue weighted by atomic mass is 10.0. The highest BCUT2D eigenvalue weighted by atomic mass is 35.5. The third-order valence-electron chi connectivity index (χ3n) is 5.47. The zero-order valence-electron chi connectivity index (χ0n) is 17.3. The second-order valence-corrected chi connectivity index (χ2v) is 8.11. The molecule has 5 aromatic rings. The first-order chi connectivity index (χ1) is 15.3. The number of alkyl halides is 2. The predicted molar refractivity (Wildman–Crippen MR) is 123 cm³/mol. The molecule has 5 rings (SSSR count). The second-order valence-electron chi connectivity index (χ2n) is 7.67. The van der Waals surface area contributed by atoms with Crippen molar-refractivity contribution >= 4 is 39.8 Å². The number of aromatic nitrogens is 4. The van der Waals surface area contributed by atoms with E-state index >= 15 is 0 Å². The van der Waals surface area contributed by atoms with Crippen LogP contribution in [-0.2, 0) is 5.92 Å². The minimum absolute atomic E-state index is 0.00883. The molecule has 0 aliphatic heterocycles. The first kappa shape index (κ1) is 20.3. The fourth-order valence-electron chi connectivity index (χ4n) is 3.75. The largest absolute Gasteiger partial charge is 0.329 e. The highest BCUT2D eigenvalue weighted by Gasteiger charge is 2.23. The molecule has 0 unspecified atom stereocenters. The Morgan fingerprint density at radius 1 is 0.969 bits per heavy atom. The van der Waals surface area contributed by atoms with Crippen LogP contribution >= 0.6 is 11.6 Å². The van der Waals surface area contributed by atoms with Crippen molar-refractivity contribution in [2.45, 2.75) is 12.8 Å². The van der Waals surface area contributed by atoms with Gasteiger partial charge in [-0.15, -0.1) is 10.2 Å². The van der Waals surface area contributed by atoms with Crippen LogP contribution in [0.15, 0.2) is 73.1 Å². The van der Waals surface area contributed by atoms with Gasteiger partial charge in [0, 0.05) is 35.6 Å². The SMILES string of the molecule is CN(c1cccc(-c2ccc(C(C)(F)F)cc2)c1)c1nc2nncn2c2cc(Cl)ccc12. The average Bonchev–Trinajstić information content (AvgIpc) is 3.26. The average molecular weight is 450 g/mol. The summed E-state index contributed by atoms with van der Waals surface area (Å²) >= 11 is 6.23. The van der Waals surface area contributed by atoms with Crippen molar-refractivity contribution in [3.05, 3.63) is 83.6 Å². The maximum absolute atomic E-state index is 13.6. The summed E-state index contributed by atoms with van der Waals surface area (Å²) in [5.41, 5.74) is 3.49. The Bertz CT molecular complexity index is 1440. The molecule has 0 fully saturated rings. The van der Waals surface area contributed by atoms with E-state index in [9.17, 15) is 8.78 Å². The number of benzene rings is 3. The molecule has 0 aliphatic carbocycles. The summed E-state index contributed by atoms with van der Waals surface area (Å²) in [6, 6.07) is 19.8. The van der Waals surface area contributed by atoms with Gasteiger partial charge >= 0.3 is 0 Å². The van der Waals surface area contributed by atoms with E-state index < -0.39 is 5.92 Å². The van der Waals surface area contributed by atoms with Crippen LogP contribution in [0.4, 0.5) is 20.3 Å². The van der Waals surface area contributed by atoms with Crippen LogP contribution in [0.25, 0.3) is 27.8 Å². The summed E-state index contributed by atoms with van der Waals surface area (Å²) in [6.07, 6.45) is 1.61. The van der Waals surface area contributed by atoms with Crippen molar-refractivity contribution < 1.29 is 8.78 Å². The van der Waals surface area contributed by atoms with Crippen LogP contribution in [0.1, 0.15) is 12.5 Å². The highest BCUT2D eigenvalue weighted by molar-refractivity contribution is 6.31. The lowest BCUT2D eigenvalue weighted by Gasteiger charge is -2.21. The van der Waals surface area contributed by atoms with Crippen LogP contribution < -0.4 is 4.90 Å². The van der Waals surface area contributed by atoms with Gasteiger partial charge in [0.1, 0.15) is 12.1 Å². The van der Waals surface area contributed by atoms with E-state index in [1.54, 1.807) is 22.9 Å². The van der Waals surface area contributed by atoms with Crippen molar-refractivity contribution in [3.63, 3.8) is 0 Å². The molecule has 0 radical (unpaired) electrons. The molecule has 0 saturated heterocycles. The fourth-order valence-corrected chi connectivity index (χ4v) is 3.92. The van der Waals surface area contributed by atoms with Crippen molar-refractivity contribution in [2.75, 3.05) is 11.9 Å². The number of halogens is 3.